The van der Waals surface area contributed by atoms with Gasteiger partial charge < -0.3 is 10.1 Å². The van der Waals surface area contributed by atoms with Gasteiger partial charge in [-0.05, 0) is 63.4 Å². The SMILES string of the molecule is CNCC1CCCC1Oc1ccc(C)c(C)c1. The van der Waals surface area contributed by atoms with Gasteiger partial charge in [0.25, 0.3) is 0 Å². The summed E-state index contributed by atoms with van der Waals surface area (Å²) in [6, 6.07) is 6.40. The first-order valence-electron chi connectivity index (χ1n) is 6.59. The van der Waals surface area contributed by atoms with Crippen molar-refractivity contribution in [3.05, 3.63) is 29.3 Å². The van der Waals surface area contributed by atoms with Crippen LogP contribution in [-0.4, -0.2) is 19.7 Å². The molecule has 0 aliphatic heterocycles. The lowest BCUT2D eigenvalue weighted by atomic mass is 10.1. The molecule has 0 heterocycles. The maximum Gasteiger partial charge on any atom is 0.120 e. The molecule has 1 aliphatic rings. The molecule has 0 spiro atoms. The number of nitrogens with one attached hydrogen (secondary N) is 1. The van der Waals surface area contributed by atoms with Crippen LogP contribution in [0.15, 0.2) is 18.2 Å². The largest absolute Gasteiger partial charge is 0.490 e. The normalized spacial score (nSPS) is 23.9. The summed E-state index contributed by atoms with van der Waals surface area (Å²) in [6.45, 7) is 5.34. The molecule has 2 heteroatoms. The highest BCUT2D eigenvalue weighted by atomic mass is 16.5. The first-order chi connectivity index (χ1) is 8.20. The van der Waals surface area contributed by atoms with Crippen molar-refractivity contribution in [1.82, 2.24) is 5.32 Å². The van der Waals surface area contributed by atoms with Crippen molar-refractivity contribution in [2.75, 3.05) is 13.6 Å². The summed E-state index contributed by atoms with van der Waals surface area (Å²) in [4.78, 5) is 0. The molecule has 2 unspecified atom stereocenters. The Balaban J connectivity index is 2.02. The van der Waals surface area contributed by atoms with Crippen molar-refractivity contribution >= 4 is 0 Å². The molecule has 1 fully saturated rings. The Kier molecular flexibility index (Phi) is 4.06. The summed E-state index contributed by atoms with van der Waals surface area (Å²) < 4.78 is 6.14. The predicted octanol–water partition coefficient (Wildman–Crippen LogP) is 3.07. The van der Waals surface area contributed by atoms with E-state index < -0.39 is 0 Å². The number of hydrogen-bond donors (Lipinski definition) is 1. The number of rotatable bonds is 4. The Morgan fingerprint density at radius 1 is 1.24 bits per heavy atom. The average Bonchev–Trinajstić information content (AvgIpc) is 2.72. The molecule has 0 amide bonds. The van der Waals surface area contributed by atoms with Crippen LogP contribution in [0.4, 0.5) is 0 Å². The number of aryl methyl sites for hydroxylation is 2. The van der Waals surface area contributed by atoms with Crippen LogP contribution in [0, 0.1) is 19.8 Å². The first kappa shape index (κ1) is 12.4. The van der Waals surface area contributed by atoms with Crippen molar-refractivity contribution in [3.8, 4) is 5.75 Å². The minimum atomic E-state index is 0.393. The van der Waals surface area contributed by atoms with E-state index in [-0.39, 0.29) is 0 Å². The van der Waals surface area contributed by atoms with Gasteiger partial charge in [-0.25, -0.2) is 0 Å². The van der Waals surface area contributed by atoms with Crippen LogP contribution in [0.3, 0.4) is 0 Å². The topological polar surface area (TPSA) is 21.3 Å². The van der Waals surface area contributed by atoms with Crippen LogP contribution in [0.1, 0.15) is 30.4 Å². The quantitative estimate of drug-likeness (QED) is 0.863. The lowest BCUT2D eigenvalue weighted by molar-refractivity contribution is 0.158. The van der Waals surface area contributed by atoms with E-state index >= 15 is 0 Å². The molecule has 2 atom stereocenters. The minimum absolute atomic E-state index is 0.393. The van der Waals surface area contributed by atoms with E-state index in [4.69, 9.17) is 4.74 Å². The molecule has 0 aromatic heterocycles. The van der Waals surface area contributed by atoms with Gasteiger partial charge in [-0.15, -0.1) is 0 Å². The van der Waals surface area contributed by atoms with Gasteiger partial charge in [-0.1, -0.05) is 6.07 Å². The van der Waals surface area contributed by atoms with Crippen LogP contribution in [0.25, 0.3) is 0 Å². The highest BCUT2D eigenvalue weighted by Gasteiger charge is 2.28. The van der Waals surface area contributed by atoms with Crippen LogP contribution in [-0.2, 0) is 0 Å². The third-order valence-corrected chi connectivity index (χ3v) is 3.82. The maximum atomic E-state index is 6.14. The minimum Gasteiger partial charge on any atom is -0.490 e. The second kappa shape index (κ2) is 5.54. The summed E-state index contributed by atoms with van der Waals surface area (Å²) in [6.07, 6.45) is 4.17. The third-order valence-electron chi connectivity index (χ3n) is 3.82. The standard InChI is InChI=1S/C15H23NO/c1-11-7-8-14(9-12(11)2)17-15-6-4-5-13(15)10-16-3/h7-9,13,15-16H,4-6,10H2,1-3H3. The molecule has 1 saturated carbocycles. The highest BCUT2D eigenvalue weighted by molar-refractivity contribution is 5.34. The maximum absolute atomic E-state index is 6.14. The summed E-state index contributed by atoms with van der Waals surface area (Å²) >= 11 is 0. The second-order valence-corrected chi connectivity index (χ2v) is 5.15. The van der Waals surface area contributed by atoms with E-state index in [1.807, 2.05) is 7.05 Å². The lowest BCUT2D eigenvalue weighted by Gasteiger charge is -2.21. The monoisotopic (exact) mass is 233 g/mol. The molecule has 17 heavy (non-hydrogen) atoms. The van der Waals surface area contributed by atoms with Crippen LogP contribution in [0.2, 0.25) is 0 Å². The summed E-state index contributed by atoms with van der Waals surface area (Å²) in [5.41, 5.74) is 2.64. The molecular weight excluding hydrogens is 210 g/mol. The third kappa shape index (κ3) is 3.01. The molecule has 0 saturated heterocycles. The number of hydrogen-bond acceptors (Lipinski definition) is 2. The predicted molar refractivity (Wildman–Crippen MR) is 71.6 cm³/mol. The lowest BCUT2D eigenvalue weighted by Crippen LogP contribution is -2.29. The molecule has 2 nitrogen and oxygen atoms in total. The zero-order valence-electron chi connectivity index (χ0n) is 11.1. The second-order valence-electron chi connectivity index (χ2n) is 5.15. The van der Waals surface area contributed by atoms with Gasteiger partial charge in [-0.2, -0.15) is 0 Å². The summed E-state index contributed by atoms with van der Waals surface area (Å²) in [7, 11) is 2.02. The zero-order chi connectivity index (χ0) is 12.3. The van der Waals surface area contributed by atoms with Gasteiger partial charge >= 0.3 is 0 Å². The van der Waals surface area contributed by atoms with Gasteiger partial charge in [-0.3, -0.25) is 0 Å². The molecular formula is C15H23NO. The van der Waals surface area contributed by atoms with Crippen molar-refractivity contribution in [1.29, 1.82) is 0 Å². The van der Waals surface area contributed by atoms with E-state index in [9.17, 15) is 0 Å². The van der Waals surface area contributed by atoms with E-state index in [1.54, 1.807) is 0 Å². The first-order valence-corrected chi connectivity index (χ1v) is 6.59. The van der Waals surface area contributed by atoms with Crippen molar-refractivity contribution < 1.29 is 4.74 Å². The fourth-order valence-corrected chi connectivity index (χ4v) is 2.62. The molecule has 2 rings (SSSR count). The van der Waals surface area contributed by atoms with E-state index in [0.29, 0.717) is 12.0 Å². The van der Waals surface area contributed by atoms with Crippen LogP contribution in [0.5, 0.6) is 5.75 Å². The van der Waals surface area contributed by atoms with Gasteiger partial charge in [0.15, 0.2) is 0 Å². The van der Waals surface area contributed by atoms with Gasteiger partial charge in [0.05, 0.1) is 0 Å². The van der Waals surface area contributed by atoms with Crippen molar-refractivity contribution in [2.45, 2.75) is 39.2 Å². The number of benzene rings is 1. The fourth-order valence-electron chi connectivity index (χ4n) is 2.62. The van der Waals surface area contributed by atoms with Gasteiger partial charge in [0, 0.05) is 12.5 Å². The molecule has 1 aliphatic carbocycles. The summed E-state index contributed by atoms with van der Waals surface area (Å²) in [5, 5.41) is 3.27. The van der Waals surface area contributed by atoms with Gasteiger partial charge in [0.2, 0.25) is 0 Å². The zero-order valence-corrected chi connectivity index (χ0v) is 11.1. The van der Waals surface area contributed by atoms with Crippen LogP contribution >= 0.6 is 0 Å². The number of ether oxygens (including phenoxy) is 1. The Bertz CT molecular complexity index is 375. The van der Waals surface area contributed by atoms with E-state index in [0.717, 1.165) is 12.3 Å². The molecule has 1 aromatic carbocycles. The van der Waals surface area contributed by atoms with E-state index in [2.05, 4.69) is 37.4 Å². The average molecular weight is 233 g/mol. The van der Waals surface area contributed by atoms with Crippen LogP contribution < -0.4 is 10.1 Å². The Hall–Kier alpha value is -1.02. The Morgan fingerprint density at radius 2 is 2.06 bits per heavy atom. The Morgan fingerprint density at radius 3 is 2.76 bits per heavy atom. The van der Waals surface area contributed by atoms with Crippen molar-refractivity contribution in [3.63, 3.8) is 0 Å². The Labute approximate surface area is 104 Å². The molecule has 0 bridgehead atoms. The molecule has 1 aromatic rings. The fraction of sp³-hybridized carbons (Fsp3) is 0.600. The van der Waals surface area contributed by atoms with Gasteiger partial charge in [0.1, 0.15) is 11.9 Å². The molecule has 0 radical (unpaired) electrons. The highest BCUT2D eigenvalue weighted by Crippen LogP contribution is 2.30. The van der Waals surface area contributed by atoms with Crippen molar-refractivity contribution in [2.24, 2.45) is 5.92 Å². The summed E-state index contributed by atoms with van der Waals surface area (Å²) in [5.74, 6) is 1.70. The smallest absolute Gasteiger partial charge is 0.120 e. The molecule has 1 N–H and O–H groups in total. The van der Waals surface area contributed by atoms with E-state index in [1.165, 1.54) is 30.4 Å². The molecule has 94 valence electrons.